The van der Waals surface area contributed by atoms with Crippen molar-refractivity contribution in [3.63, 3.8) is 0 Å². The van der Waals surface area contributed by atoms with Crippen LogP contribution in [-0.4, -0.2) is 22.3 Å². The summed E-state index contributed by atoms with van der Waals surface area (Å²) in [4.78, 5) is 11.9. The molecule has 1 aromatic heterocycles. The number of aryl methyl sites for hydroxylation is 2. The average molecular weight is 356 g/mol. The molecule has 0 bridgehead atoms. The van der Waals surface area contributed by atoms with Crippen molar-refractivity contribution in [1.82, 2.24) is 9.78 Å². The summed E-state index contributed by atoms with van der Waals surface area (Å²) < 4.78 is 7.22. The standard InChI is InChI=1S/C19H18ClN3O2/c20-16-6-8-18(9-7-16)25-14-19(24)22-17-12-21-23(13-17)11-10-15-4-2-1-3-5-15/h1-9,12-13H,10-11,14H2,(H,22,24). The predicted octanol–water partition coefficient (Wildman–Crippen LogP) is 3.80. The van der Waals surface area contributed by atoms with E-state index in [1.54, 1.807) is 30.5 Å². The minimum Gasteiger partial charge on any atom is -0.484 e. The van der Waals surface area contributed by atoms with Gasteiger partial charge in [0.1, 0.15) is 5.75 Å². The average Bonchev–Trinajstić information content (AvgIpc) is 3.08. The summed E-state index contributed by atoms with van der Waals surface area (Å²) in [7, 11) is 0. The van der Waals surface area contributed by atoms with Gasteiger partial charge in [0.25, 0.3) is 5.91 Å². The Balaban J connectivity index is 1.45. The number of rotatable bonds is 7. The molecule has 0 atom stereocenters. The van der Waals surface area contributed by atoms with Crippen molar-refractivity contribution in [1.29, 1.82) is 0 Å². The fourth-order valence-electron chi connectivity index (χ4n) is 2.32. The van der Waals surface area contributed by atoms with Crippen LogP contribution in [0.2, 0.25) is 5.02 Å². The monoisotopic (exact) mass is 355 g/mol. The Morgan fingerprint density at radius 2 is 1.88 bits per heavy atom. The maximum atomic E-state index is 11.9. The van der Waals surface area contributed by atoms with E-state index in [-0.39, 0.29) is 12.5 Å². The topological polar surface area (TPSA) is 56.1 Å². The third-order valence-electron chi connectivity index (χ3n) is 3.57. The number of carbonyl (C=O) groups is 1. The fourth-order valence-corrected chi connectivity index (χ4v) is 2.44. The Kier molecular flexibility index (Phi) is 5.69. The van der Waals surface area contributed by atoms with E-state index in [1.807, 2.05) is 29.1 Å². The molecule has 0 aliphatic carbocycles. The van der Waals surface area contributed by atoms with Crippen LogP contribution >= 0.6 is 11.6 Å². The third-order valence-corrected chi connectivity index (χ3v) is 3.82. The zero-order valence-corrected chi connectivity index (χ0v) is 14.3. The molecular formula is C19H18ClN3O2. The molecule has 1 N–H and O–H groups in total. The van der Waals surface area contributed by atoms with Gasteiger partial charge >= 0.3 is 0 Å². The first kappa shape index (κ1) is 17.0. The number of aromatic nitrogens is 2. The molecule has 0 unspecified atom stereocenters. The van der Waals surface area contributed by atoms with Crippen molar-refractivity contribution in [2.24, 2.45) is 0 Å². The number of anilines is 1. The van der Waals surface area contributed by atoms with Gasteiger partial charge in [-0.25, -0.2) is 0 Å². The smallest absolute Gasteiger partial charge is 0.262 e. The molecule has 3 aromatic rings. The van der Waals surface area contributed by atoms with E-state index in [0.29, 0.717) is 16.5 Å². The number of nitrogens with one attached hydrogen (secondary N) is 1. The van der Waals surface area contributed by atoms with E-state index in [1.165, 1.54) is 5.56 Å². The first-order valence-corrected chi connectivity index (χ1v) is 8.31. The molecular weight excluding hydrogens is 338 g/mol. The number of halogens is 1. The highest BCUT2D eigenvalue weighted by molar-refractivity contribution is 6.30. The van der Waals surface area contributed by atoms with Crippen molar-refractivity contribution in [3.05, 3.63) is 77.6 Å². The molecule has 5 nitrogen and oxygen atoms in total. The minimum atomic E-state index is -0.238. The molecule has 25 heavy (non-hydrogen) atoms. The van der Waals surface area contributed by atoms with Gasteiger partial charge < -0.3 is 10.1 Å². The maximum absolute atomic E-state index is 11.9. The van der Waals surface area contributed by atoms with Gasteiger partial charge in [0, 0.05) is 17.8 Å². The minimum absolute atomic E-state index is 0.0726. The van der Waals surface area contributed by atoms with E-state index < -0.39 is 0 Å². The summed E-state index contributed by atoms with van der Waals surface area (Å²) in [5.74, 6) is 0.357. The van der Waals surface area contributed by atoms with E-state index in [0.717, 1.165) is 13.0 Å². The van der Waals surface area contributed by atoms with Crippen LogP contribution in [0.5, 0.6) is 5.75 Å². The lowest BCUT2D eigenvalue weighted by atomic mass is 10.1. The molecule has 0 aliphatic heterocycles. The lowest BCUT2D eigenvalue weighted by Crippen LogP contribution is -2.19. The summed E-state index contributed by atoms with van der Waals surface area (Å²) in [5, 5.41) is 7.65. The van der Waals surface area contributed by atoms with Crippen LogP contribution in [0.4, 0.5) is 5.69 Å². The molecule has 0 spiro atoms. The van der Waals surface area contributed by atoms with E-state index >= 15 is 0 Å². The van der Waals surface area contributed by atoms with Crippen LogP contribution in [0.25, 0.3) is 0 Å². The van der Waals surface area contributed by atoms with E-state index in [4.69, 9.17) is 16.3 Å². The van der Waals surface area contributed by atoms with Crippen LogP contribution in [0.3, 0.4) is 0 Å². The van der Waals surface area contributed by atoms with Gasteiger partial charge in [-0.1, -0.05) is 41.9 Å². The van der Waals surface area contributed by atoms with E-state index in [9.17, 15) is 4.79 Å². The second kappa shape index (κ2) is 8.35. The summed E-state index contributed by atoms with van der Waals surface area (Å²) in [6.07, 6.45) is 4.32. The van der Waals surface area contributed by atoms with Gasteiger partial charge in [-0.15, -0.1) is 0 Å². The number of hydrogen-bond donors (Lipinski definition) is 1. The molecule has 0 radical (unpaired) electrons. The first-order chi connectivity index (χ1) is 12.2. The lowest BCUT2D eigenvalue weighted by Gasteiger charge is -2.06. The molecule has 6 heteroatoms. The highest BCUT2D eigenvalue weighted by Crippen LogP contribution is 2.15. The number of benzene rings is 2. The van der Waals surface area contributed by atoms with Gasteiger partial charge in [0.2, 0.25) is 0 Å². The summed E-state index contributed by atoms with van der Waals surface area (Å²) in [6, 6.07) is 17.1. The number of hydrogen-bond acceptors (Lipinski definition) is 3. The predicted molar refractivity (Wildman–Crippen MR) is 97.9 cm³/mol. The largest absolute Gasteiger partial charge is 0.484 e. The highest BCUT2D eigenvalue weighted by Gasteiger charge is 2.06. The molecule has 2 aromatic carbocycles. The van der Waals surface area contributed by atoms with Crippen molar-refractivity contribution in [3.8, 4) is 5.75 Å². The Bertz CT molecular complexity index is 816. The quantitative estimate of drug-likeness (QED) is 0.701. The fraction of sp³-hybridized carbons (Fsp3) is 0.158. The molecule has 128 valence electrons. The second-order valence-electron chi connectivity index (χ2n) is 5.52. The zero-order valence-electron chi connectivity index (χ0n) is 13.6. The van der Waals surface area contributed by atoms with Crippen molar-refractivity contribution < 1.29 is 9.53 Å². The number of ether oxygens (including phenoxy) is 1. The van der Waals surface area contributed by atoms with Gasteiger partial charge in [0.05, 0.1) is 11.9 Å². The van der Waals surface area contributed by atoms with Crippen LogP contribution in [-0.2, 0) is 17.8 Å². The van der Waals surface area contributed by atoms with Crippen LogP contribution < -0.4 is 10.1 Å². The Hall–Kier alpha value is -2.79. The molecule has 0 saturated carbocycles. The number of amides is 1. The molecule has 3 rings (SSSR count). The molecule has 1 amide bonds. The van der Waals surface area contributed by atoms with Gasteiger partial charge in [0.15, 0.2) is 6.61 Å². The van der Waals surface area contributed by atoms with Crippen molar-refractivity contribution in [2.75, 3.05) is 11.9 Å². The third kappa shape index (κ3) is 5.36. The molecule has 1 heterocycles. The van der Waals surface area contributed by atoms with Crippen LogP contribution in [0.15, 0.2) is 67.0 Å². The first-order valence-electron chi connectivity index (χ1n) is 7.94. The maximum Gasteiger partial charge on any atom is 0.262 e. The van der Waals surface area contributed by atoms with Crippen molar-refractivity contribution in [2.45, 2.75) is 13.0 Å². The van der Waals surface area contributed by atoms with Gasteiger partial charge in [-0.05, 0) is 36.2 Å². The lowest BCUT2D eigenvalue weighted by molar-refractivity contribution is -0.118. The van der Waals surface area contributed by atoms with Gasteiger partial charge in [-0.2, -0.15) is 5.10 Å². The Labute approximate surface area is 151 Å². The molecule has 0 fully saturated rings. The van der Waals surface area contributed by atoms with Crippen LogP contribution in [0.1, 0.15) is 5.56 Å². The molecule has 0 saturated heterocycles. The number of nitrogens with zero attached hydrogens (tertiary/aromatic N) is 2. The SMILES string of the molecule is O=C(COc1ccc(Cl)cc1)Nc1cnn(CCc2ccccc2)c1. The van der Waals surface area contributed by atoms with E-state index in [2.05, 4.69) is 22.5 Å². The zero-order chi connectivity index (χ0) is 17.5. The van der Waals surface area contributed by atoms with Crippen LogP contribution in [0, 0.1) is 0 Å². The Morgan fingerprint density at radius 3 is 2.64 bits per heavy atom. The van der Waals surface area contributed by atoms with Gasteiger partial charge in [-0.3, -0.25) is 9.48 Å². The normalized spacial score (nSPS) is 10.4. The summed E-state index contributed by atoms with van der Waals surface area (Å²) in [6.45, 7) is 0.679. The van der Waals surface area contributed by atoms with Crippen molar-refractivity contribution >= 4 is 23.2 Å². The Morgan fingerprint density at radius 1 is 1.12 bits per heavy atom. The number of carbonyl (C=O) groups excluding carboxylic acids is 1. The summed E-state index contributed by atoms with van der Waals surface area (Å²) >= 11 is 5.80. The second-order valence-corrected chi connectivity index (χ2v) is 5.95. The molecule has 0 aliphatic rings. The highest BCUT2D eigenvalue weighted by atomic mass is 35.5. The summed E-state index contributed by atoms with van der Waals surface area (Å²) in [5.41, 5.74) is 1.90.